The Kier molecular flexibility index (Phi) is 5.45. The molecule has 1 amide bonds. The third kappa shape index (κ3) is 3.45. The summed E-state index contributed by atoms with van der Waals surface area (Å²) in [6.07, 6.45) is 0.935. The number of rotatable bonds is 6. The van der Waals surface area contributed by atoms with Gasteiger partial charge in [0.1, 0.15) is 11.3 Å². The van der Waals surface area contributed by atoms with Crippen LogP contribution >= 0.6 is 0 Å². The SMILES string of the molecule is CCC(C)CN(C)C(=O)c1cccc(NN)c1[N+](=O)[O-]. The van der Waals surface area contributed by atoms with Gasteiger partial charge in [-0.15, -0.1) is 0 Å². The Hall–Kier alpha value is -2.15. The lowest BCUT2D eigenvalue weighted by Gasteiger charge is -2.21. The summed E-state index contributed by atoms with van der Waals surface area (Å²) in [7, 11) is 1.64. The van der Waals surface area contributed by atoms with E-state index in [2.05, 4.69) is 5.43 Å². The normalized spacial score (nSPS) is 11.8. The van der Waals surface area contributed by atoms with Gasteiger partial charge in [0.05, 0.1) is 4.92 Å². The smallest absolute Gasteiger partial charge is 0.306 e. The Morgan fingerprint density at radius 1 is 1.55 bits per heavy atom. The molecule has 0 saturated carbocycles. The third-order valence-corrected chi connectivity index (χ3v) is 3.23. The van der Waals surface area contributed by atoms with E-state index in [0.717, 1.165) is 6.42 Å². The van der Waals surface area contributed by atoms with Crippen LogP contribution in [0.2, 0.25) is 0 Å². The van der Waals surface area contributed by atoms with Crippen LogP contribution in [0, 0.1) is 16.0 Å². The second-order valence-electron chi connectivity index (χ2n) is 4.80. The van der Waals surface area contributed by atoms with Crippen LogP contribution in [-0.4, -0.2) is 29.3 Å². The Labute approximate surface area is 117 Å². The summed E-state index contributed by atoms with van der Waals surface area (Å²) in [4.78, 5) is 24.4. The van der Waals surface area contributed by atoms with Crippen molar-refractivity contribution in [3.63, 3.8) is 0 Å². The van der Waals surface area contributed by atoms with Gasteiger partial charge in [0.2, 0.25) is 0 Å². The summed E-state index contributed by atoms with van der Waals surface area (Å²) in [5.74, 6) is 5.21. The minimum atomic E-state index is -0.598. The van der Waals surface area contributed by atoms with E-state index in [1.165, 1.54) is 17.0 Å². The Balaban J connectivity index is 3.12. The van der Waals surface area contributed by atoms with Gasteiger partial charge in [0.15, 0.2) is 0 Å². The fraction of sp³-hybridized carbons (Fsp3) is 0.462. The summed E-state index contributed by atoms with van der Waals surface area (Å²) in [6, 6.07) is 4.46. The topological polar surface area (TPSA) is 102 Å². The number of nitrogens with one attached hydrogen (secondary N) is 1. The average molecular weight is 280 g/mol. The number of carbonyl (C=O) groups is 1. The number of hydrazine groups is 1. The molecule has 0 heterocycles. The van der Waals surface area contributed by atoms with Crippen LogP contribution in [-0.2, 0) is 0 Å². The highest BCUT2D eigenvalue weighted by atomic mass is 16.6. The summed E-state index contributed by atoms with van der Waals surface area (Å²) in [6.45, 7) is 4.60. The van der Waals surface area contributed by atoms with E-state index in [1.807, 2.05) is 13.8 Å². The van der Waals surface area contributed by atoms with E-state index in [4.69, 9.17) is 5.84 Å². The van der Waals surface area contributed by atoms with Crippen molar-refractivity contribution in [1.29, 1.82) is 0 Å². The zero-order valence-electron chi connectivity index (χ0n) is 11.9. The number of carbonyl (C=O) groups excluding carboxylic acids is 1. The number of para-hydroxylation sites is 1. The van der Waals surface area contributed by atoms with Gasteiger partial charge in [0.25, 0.3) is 5.91 Å². The zero-order valence-corrected chi connectivity index (χ0v) is 11.9. The molecule has 0 radical (unpaired) electrons. The quantitative estimate of drug-likeness (QED) is 0.471. The first-order chi connectivity index (χ1) is 9.42. The first kappa shape index (κ1) is 15.9. The molecular weight excluding hydrogens is 260 g/mol. The van der Waals surface area contributed by atoms with E-state index in [0.29, 0.717) is 12.5 Å². The molecule has 20 heavy (non-hydrogen) atoms. The lowest BCUT2D eigenvalue weighted by molar-refractivity contribution is -0.384. The van der Waals surface area contributed by atoms with Gasteiger partial charge in [-0.25, -0.2) is 0 Å². The maximum absolute atomic E-state index is 12.3. The molecule has 0 aliphatic carbocycles. The molecule has 1 aromatic carbocycles. The number of nitro benzene ring substituents is 1. The number of anilines is 1. The fourth-order valence-corrected chi connectivity index (χ4v) is 1.91. The zero-order chi connectivity index (χ0) is 15.3. The number of nitro groups is 1. The maximum atomic E-state index is 12.3. The molecule has 7 heteroatoms. The van der Waals surface area contributed by atoms with Crippen LogP contribution in [0.4, 0.5) is 11.4 Å². The molecule has 110 valence electrons. The van der Waals surface area contributed by atoms with Crippen molar-refractivity contribution >= 4 is 17.3 Å². The van der Waals surface area contributed by atoms with Crippen LogP contribution in [0.15, 0.2) is 18.2 Å². The molecule has 3 N–H and O–H groups in total. The molecule has 0 fully saturated rings. The fourth-order valence-electron chi connectivity index (χ4n) is 1.91. The standard InChI is InChI=1S/C13H20N4O3/c1-4-9(2)8-16(3)13(18)10-6-5-7-11(15-14)12(10)17(19)20/h5-7,9,15H,4,8,14H2,1-3H3. The lowest BCUT2D eigenvalue weighted by Crippen LogP contribution is -2.31. The van der Waals surface area contributed by atoms with E-state index < -0.39 is 4.92 Å². The largest absolute Gasteiger partial charge is 0.341 e. The molecule has 1 rings (SSSR count). The summed E-state index contributed by atoms with van der Waals surface area (Å²) in [5.41, 5.74) is 2.12. The van der Waals surface area contributed by atoms with Crippen LogP contribution in [0.25, 0.3) is 0 Å². The van der Waals surface area contributed by atoms with Crippen molar-refractivity contribution in [3.8, 4) is 0 Å². The lowest BCUT2D eigenvalue weighted by atomic mass is 10.1. The Morgan fingerprint density at radius 3 is 2.70 bits per heavy atom. The molecule has 1 atom stereocenters. The molecular formula is C13H20N4O3. The maximum Gasteiger partial charge on any atom is 0.306 e. The van der Waals surface area contributed by atoms with Crippen molar-refractivity contribution in [3.05, 3.63) is 33.9 Å². The van der Waals surface area contributed by atoms with Crippen LogP contribution < -0.4 is 11.3 Å². The molecule has 0 spiro atoms. The first-order valence-corrected chi connectivity index (χ1v) is 6.41. The van der Waals surface area contributed by atoms with Crippen LogP contribution in [0.3, 0.4) is 0 Å². The monoisotopic (exact) mass is 280 g/mol. The predicted molar refractivity (Wildman–Crippen MR) is 77.3 cm³/mol. The van der Waals surface area contributed by atoms with Crippen molar-refractivity contribution < 1.29 is 9.72 Å². The number of amides is 1. The molecule has 0 aliphatic rings. The minimum Gasteiger partial charge on any atom is -0.341 e. The number of nitrogens with zero attached hydrogens (tertiary/aromatic N) is 2. The molecule has 1 aromatic rings. The van der Waals surface area contributed by atoms with Crippen molar-refractivity contribution in [1.82, 2.24) is 4.90 Å². The molecule has 0 saturated heterocycles. The van der Waals surface area contributed by atoms with Gasteiger partial charge in [0, 0.05) is 13.6 Å². The van der Waals surface area contributed by atoms with Gasteiger partial charge in [-0.1, -0.05) is 26.3 Å². The highest BCUT2D eigenvalue weighted by Crippen LogP contribution is 2.28. The summed E-state index contributed by atoms with van der Waals surface area (Å²) >= 11 is 0. The molecule has 1 unspecified atom stereocenters. The number of hydrogen-bond donors (Lipinski definition) is 2. The van der Waals surface area contributed by atoms with E-state index in [-0.39, 0.29) is 22.8 Å². The number of hydrogen-bond acceptors (Lipinski definition) is 5. The minimum absolute atomic E-state index is 0.0382. The summed E-state index contributed by atoms with van der Waals surface area (Å²) < 4.78 is 0. The molecule has 0 aliphatic heterocycles. The number of benzene rings is 1. The Morgan fingerprint density at radius 2 is 2.20 bits per heavy atom. The molecule has 7 nitrogen and oxygen atoms in total. The van der Waals surface area contributed by atoms with E-state index >= 15 is 0 Å². The van der Waals surface area contributed by atoms with Gasteiger partial charge in [-0.2, -0.15) is 0 Å². The van der Waals surface area contributed by atoms with Gasteiger partial charge >= 0.3 is 5.69 Å². The first-order valence-electron chi connectivity index (χ1n) is 6.41. The summed E-state index contributed by atoms with van der Waals surface area (Å²) in [5, 5.41) is 11.1. The highest BCUT2D eigenvalue weighted by Gasteiger charge is 2.26. The van der Waals surface area contributed by atoms with Crippen molar-refractivity contribution in [2.24, 2.45) is 11.8 Å². The highest BCUT2D eigenvalue weighted by molar-refractivity contribution is 6.00. The van der Waals surface area contributed by atoms with E-state index in [9.17, 15) is 14.9 Å². The van der Waals surface area contributed by atoms with Gasteiger partial charge in [-0.05, 0) is 18.1 Å². The number of nitrogen functional groups attached to an aromatic ring is 1. The van der Waals surface area contributed by atoms with Crippen molar-refractivity contribution in [2.45, 2.75) is 20.3 Å². The van der Waals surface area contributed by atoms with Crippen LogP contribution in [0.5, 0.6) is 0 Å². The van der Waals surface area contributed by atoms with Gasteiger partial charge in [-0.3, -0.25) is 20.8 Å². The second-order valence-corrected chi connectivity index (χ2v) is 4.80. The molecule has 0 bridgehead atoms. The Bertz CT molecular complexity index is 504. The predicted octanol–water partition coefficient (Wildman–Crippen LogP) is 2.00. The van der Waals surface area contributed by atoms with Gasteiger partial charge < -0.3 is 10.3 Å². The molecule has 0 aromatic heterocycles. The second kappa shape index (κ2) is 6.85. The average Bonchev–Trinajstić information content (AvgIpc) is 2.44. The number of nitrogens with two attached hydrogens (primary N) is 1. The van der Waals surface area contributed by atoms with Crippen molar-refractivity contribution in [2.75, 3.05) is 19.0 Å². The third-order valence-electron chi connectivity index (χ3n) is 3.23. The van der Waals surface area contributed by atoms with Crippen LogP contribution in [0.1, 0.15) is 30.6 Å². The van der Waals surface area contributed by atoms with E-state index in [1.54, 1.807) is 13.1 Å².